The highest BCUT2D eigenvalue weighted by molar-refractivity contribution is 7.18. The smallest absolute Gasteiger partial charge is 0.338 e. The van der Waals surface area contributed by atoms with Crippen LogP contribution in [-0.2, 0) is 19.4 Å². The SMILES string of the molecule is CF.Cc1cc(-c2cc(Cl)ccc2C#CCn2c(C)nc3c(c2=O)CC(N2CCCC(CCF)C2)CC3)c2scc(C(=O)O)c2n1. The zero-order chi connectivity index (χ0) is 33.0. The van der Waals surface area contributed by atoms with Gasteiger partial charge in [-0.15, -0.1) is 11.3 Å². The Labute approximate surface area is 276 Å². The van der Waals surface area contributed by atoms with E-state index in [1.165, 1.54) is 11.3 Å². The van der Waals surface area contributed by atoms with E-state index in [2.05, 4.69) is 21.7 Å². The van der Waals surface area contributed by atoms with Crippen molar-refractivity contribution in [1.29, 1.82) is 0 Å². The second kappa shape index (κ2) is 14.8. The summed E-state index contributed by atoms with van der Waals surface area (Å²) in [6.45, 7) is 5.50. The van der Waals surface area contributed by atoms with Crippen LogP contribution in [0, 0.1) is 31.6 Å². The highest BCUT2D eigenvalue weighted by Crippen LogP contribution is 2.37. The Hall–Kier alpha value is -3.65. The number of piperidine rings is 1. The number of hydrogen-bond acceptors (Lipinski definition) is 6. The second-order valence-corrected chi connectivity index (χ2v) is 13.1. The van der Waals surface area contributed by atoms with Gasteiger partial charge >= 0.3 is 5.97 Å². The molecule has 4 heterocycles. The van der Waals surface area contributed by atoms with Crippen LogP contribution >= 0.6 is 22.9 Å². The van der Waals surface area contributed by atoms with E-state index in [4.69, 9.17) is 16.6 Å². The molecule has 46 heavy (non-hydrogen) atoms. The molecule has 0 amide bonds. The van der Waals surface area contributed by atoms with Crippen molar-refractivity contribution >= 4 is 39.1 Å². The zero-order valence-corrected chi connectivity index (χ0v) is 27.8. The Bertz CT molecular complexity index is 1880. The predicted octanol–water partition coefficient (Wildman–Crippen LogP) is 7.05. The number of likely N-dealkylation sites (tertiary alicyclic amines) is 1. The van der Waals surface area contributed by atoms with Crippen molar-refractivity contribution in [3.8, 4) is 23.0 Å². The standard InChI is InChI=1S/C34H34ClFN4O3S.CH3F/c1-20-15-27(32-31(37-20)29(19-44-32)34(42)43)26-16-24(35)8-7-23(26)6-4-14-40-21(2)38-30-10-9-25(17-28(30)33(40)41)39-13-3-5-22(18-39)11-12-36;1-2/h7-8,15-16,19,22,25H,3,5,9-14,17-18H2,1-2H3,(H,42,43);1H3. The van der Waals surface area contributed by atoms with E-state index in [9.17, 15) is 23.5 Å². The first-order chi connectivity index (χ1) is 22.2. The van der Waals surface area contributed by atoms with Gasteiger partial charge in [0.05, 0.1) is 41.9 Å². The normalized spacial score (nSPS) is 17.9. The first-order valence-corrected chi connectivity index (χ1v) is 16.7. The van der Waals surface area contributed by atoms with Gasteiger partial charge in [0.25, 0.3) is 5.56 Å². The molecule has 2 unspecified atom stereocenters. The first kappa shape index (κ1) is 33.7. The Balaban J connectivity index is 0.00000204. The highest BCUT2D eigenvalue weighted by atomic mass is 35.5. The fraction of sp³-hybridized carbons (Fsp3) is 0.429. The van der Waals surface area contributed by atoms with E-state index in [0.29, 0.717) is 48.0 Å². The van der Waals surface area contributed by atoms with E-state index < -0.39 is 5.97 Å². The molecule has 1 saturated heterocycles. The first-order valence-electron chi connectivity index (χ1n) is 15.4. The molecule has 1 N–H and O–H groups in total. The number of carbonyl (C=O) groups is 1. The van der Waals surface area contributed by atoms with E-state index >= 15 is 0 Å². The Kier molecular flexibility index (Phi) is 10.9. The number of fused-ring (bicyclic) bond motifs is 2. The number of nitrogens with zero attached hydrogens (tertiary/aromatic N) is 4. The summed E-state index contributed by atoms with van der Waals surface area (Å²) in [5.41, 5.74) is 5.24. The molecular weight excluding hydrogens is 630 g/mol. The molecule has 7 nitrogen and oxygen atoms in total. The third kappa shape index (κ3) is 7.02. The molecule has 1 aliphatic carbocycles. The van der Waals surface area contributed by atoms with Crippen LogP contribution in [0.25, 0.3) is 21.3 Å². The molecule has 1 aromatic carbocycles. The van der Waals surface area contributed by atoms with Gasteiger partial charge in [-0.1, -0.05) is 23.4 Å². The lowest BCUT2D eigenvalue weighted by molar-refractivity contribution is 0.0699. The van der Waals surface area contributed by atoms with Crippen LogP contribution in [-0.4, -0.2) is 63.5 Å². The van der Waals surface area contributed by atoms with Crippen molar-refractivity contribution in [2.45, 2.75) is 65.0 Å². The number of pyridine rings is 1. The number of halogens is 3. The van der Waals surface area contributed by atoms with E-state index in [0.717, 1.165) is 71.4 Å². The molecule has 0 saturated carbocycles. The van der Waals surface area contributed by atoms with E-state index in [-0.39, 0.29) is 30.4 Å². The van der Waals surface area contributed by atoms with Crippen molar-refractivity contribution in [3.63, 3.8) is 0 Å². The van der Waals surface area contributed by atoms with Gasteiger partial charge in [-0.05, 0) is 89.1 Å². The minimum absolute atomic E-state index is 0.0357. The number of alkyl halides is 2. The number of carboxylic acid groups (broad SMARTS) is 1. The molecule has 2 atom stereocenters. The molecule has 11 heteroatoms. The molecule has 1 fully saturated rings. The van der Waals surface area contributed by atoms with Gasteiger partial charge in [0.1, 0.15) is 5.82 Å². The summed E-state index contributed by atoms with van der Waals surface area (Å²) < 4.78 is 24.9. The molecule has 3 aromatic heterocycles. The third-order valence-corrected chi connectivity index (χ3v) is 10.1. The van der Waals surface area contributed by atoms with E-state index in [1.807, 2.05) is 32.0 Å². The number of aryl methyl sites for hydroxylation is 3. The number of thiophene rings is 1. The third-order valence-electron chi connectivity index (χ3n) is 8.89. The average molecular weight is 667 g/mol. The Morgan fingerprint density at radius 1 is 1.17 bits per heavy atom. The Morgan fingerprint density at radius 3 is 2.74 bits per heavy atom. The predicted molar refractivity (Wildman–Crippen MR) is 180 cm³/mol. The lowest BCUT2D eigenvalue weighted by Gasteiger charge is -2.40. The summed E-state index contributed by atoms with van der Waals surface area (Å²) in [4.78, 5) is 37.3. The van der Waals surface area contributed by atoms with Crippen molar-refractivity contribution in [3.05, 3.63) is 78.9 Å². The largest absolute Gasteiger partial charge is 0.478 e. The summed E-state index contributed by atoms with van der Waals surface area (Å²) in [7, 11) is 0.500. The molecule has 242 valence electrons. The minimum atomic E-state index is -1.02. The van der Waals surface area contributed by atoms with Crippen LogP contribution in [0.5, 0.6) is 0 Å². The zero-order valence-electron chi connectivity index (χ0n) is 26.2. The van der Waals surface area contributed by atoms with Crippen molar-refractivity contribution < 1.29 is 18.7 Å². The van der Waals surface area contributed by atoms with Crippen molar-refractivity contribution in [1.82, 2.24) is 19.4 Å². The van der Waals surface area contributed by atoms with Crippen LogP contribution in [0.15, 0.2) is 34.4 Å². The number of benzene rings is 1. The highest BCUT2D eigenvalue weighted by Gasteiger charge is 2.31. The van der Waals surface area contributed by atoms with Gasteiger partial charge < -0.3 is 5.11 Å². The summed E-state index contributed by atoms with van der Waals surface area (Å²) in [5.74, 6) is 6.46. The van der Waals surface area contributed by atoms with Gasteiger partial charge in [0.2, 0.25) is 0 Å². The molecule has 1 aliphatic heterocycles. The fourth-order valence-corrected chi connectivity index (χ4v) is 7.86. The second-order valence-electron chi connectivity index (χ2n) is 11.8. The minimum Gasteiger partial charge on any atom is -0.478 e. The van der Waals surface area contributed by atoms with Gasteiger partial charge in [-0.2, -0.15) is 0 Å². The number of aromatic nitrogens is 3. The lowest BCUT2D eigenvalue weighted by Crippen LogP contribution is -2.47. The van der Waals surface area contributed by atoms with Gasteiger partial charge in [0.15, 0.2) is 0 Å². The van der Waals surface area contributed by atoms with Crippen molar-refractivity contribution in [2.75, 3.05) is 26.9 Å². The maximum absolute atomic E-state index is 13.8. The van der Waals surface area contributed by atoms with Crippen LogP contribution in [0.1, 0.15) is 64.4 Å². The topological polar surface area (TPSA) is 88.3 Å². The molecule has 0 spiro atoms. The quantitative estimate of drug-likeness (QED) is 0.222. The summed E-state index contributed by atoms with van der Waals surface area (Å²) in [5, 5.41) is 11.8. The van der Waals surface area contributed by atoms with Gasteiger partial charge in [-0.3, -0.25) is 28.0 Å². The summed E-state index contributed by atoms with van der Waals surface area (Å²) >= 11 is 7.74. The fourth-order valence-electron chi connectivity index (χ4n) is 6.68. The van der Waals surface area contributed by atoms with Crippen LogP contribution in [0.3, 0.4) is 0 Å². The maximum Gasteiger partial charge on any atom is 0.338 e. The average Bonchev–Trinajstić information content (AvgIpc) is 3.48. The number of rotatable bonds is 6. The monoisotopic (exact) mass is 666 g/mol. The number of carboxylic acids is 1. The number of aromatic carboxylic acids is 1. The molecule has 0 bridgehead atoms. The lowest BCUT2D eigenvalue weighted by atomic mass is 9.88. The molecule has 0 radical (unpaired) electrons. The summed E-state index contributed by atoms with van der Waals surface area (Å²) in [6, 6.07) is 7.64. The van der Waals surface area contributed by atoms with Gasteiger partial charge in [0, 0.05) is 50.9 Å². The molecule has 6 rings (SSSR count). The maximum atomic E-state index is 13.8. The van der Waals surface area contributed by atoms with Crippen LogP contribution in [0.2, 0.25) is 5.02 Å². The Morgan fingerprint density at radius 2 is 1.98 bits per heavy atom. The van der Waals surface area contributed by atoms with Crippen LogP contribution < -0.4 is 5.56 Å². The number of hydrogen-bond donors (Lipinski definition) is 1. The van der Waals surface area contributed by atoms with Crippen LogP contribution in [0.4, 0.5) is 8.78 Å². The summed E-state index contributed by atoms with van der Waals surface area (Å²) in [6.07, 6.45) is 5.16. The molecule has 2 aliphatic rings. The van der Waals surface area contributed by atoms with Gasteiger partial charge in [-0.25, -0.2) is 9.78 Å². The van der Waals surface area contributed by atoms with E-state index in [1.54, 1.807) is 16.0 Å². The van der Waals surface area contributed by atoms with Crippen molar-refractivity contribution in [2.24, 2.45) is 5.92 Å². The molecule has 4 aromatic rings. The molecular formula is C35H37ClF2N4O3S.